The predicted octanol–water partition coefficient (Wildman–Crippen LogP) is -0.0100. The molecule has 0 spiro atoms. The van der Waals surface area contributed by atoms with Crippen LogP contribution >= 0.6 is 0 Å². The Balaban J connectivity index is 0. The van der Waals surface area contributed by atoms with Gasteiger partial charge in [-0.3, -0.25) is 0 Å². The first kappa shape index (κ1) is 31.4. The standard InChI is InChI=1S/Cr.Mo.Re.Rh. The molecule has 0 aliphatic heterocycles. The molecule has 0 amide bonds. The van der Waals surface area contributed by atoms with E-state index in [4.69, 9.17) is 0 Å². The average Bonchev–Trinajstić information content (AvgIpc) is 0. The quantitative estimate of drug-likeness (QED) is 0.469. The van der Waals surface area contributed by atoms with Gasteiger partial charge in [0.1, 0.15) is 0 Å². The molecule has 0 saturated carbocycles. The summed E-state index contributed by atoms with van der Waals surface area (Å²) >= 11 is 0. The molecule has 0 saturated heterocycles. The third-order valence-corrected chi connectivity index (χ3v) is 0. The van der Waals surface area contributed by atoms with Gasteiger partial charge in [-0.1, -0.05) is 0 Å². The minimum Gasteiger partial charge on any atom is 0 e. The predicted molar refractivity (Wildman–Crippen MR) is 0 cm³/mol. The van der Waals surface area contributed by atoms with Crippen molar-refractivity contribution < 1.29 is 78.3 Å². The molecule has 0 bridgehead atoms. The molecule has 0 aliphatic carbocycles. The third-order valence-electron chi connectivity index (χ3n) is 0. The SMILES string of the molecule is [Cr].[Mo].[Re].[Rh]. The summed E-state index contributed by atoms with van der Waals surface area (Å²) in [6, 6.07) is 0. The van der Waals surface area contributed by atoms with Crippen LogP contribution in [-0.2, 0) is 78.3 Å². The molecule has 28 valence electrons. The van der Waals surface area contributed by atoms with Crippen molar-refractivity contribution in [3.8, 4) is 0 Å². The van der Waals surface area contributed by atoms with E-state index in [1.54, 1.807) is 0 Å². The first-order chi connectivity index (χ1) is 0. The third kappa shape index (κ3) is 8.82. The summed E-state index contributed by atoms with van der Waals surface area (Å²) in [4.78, 5) is 0. The van der Waals surface area contributed by atoms with Gasteiger partial charge in [0.15, 0.2) is 0 Å². The van der Waals surface area contributed by atoms with Gasteiger partial charge < -0.3 is 0 Å². The van der Waals surface area contributed by atoms with Crippen LogP contribution in [0.3, 0.4) is 0 Å². The van der Waals surface area contributed by atoms with Crippen LogP contribution in [0, 0.1) is 0 Å². The van der Waals surface area contributed by atoms with E-state index in [0.29, 0.717) is 0 Å². The molecule has 4 heavy (non-hydrogen) atoms. The smallest absolute Gasteiger partial charge is 0 e. The van der Waals surface area contributed by atoms with Crippen LogP contribution in [0.1, 0.15) is 0 Å². The van der Waals surface area contributed by atoms with Crippen molar-refractivity contribution in [3.63, 3.8) is 0 Å². The monoisotopic (exact) mass is 440 g/mol. The van der Waals surface area contributed by atoms with Crippen molar-refractivity contribution in [1.29, 1.82) is 0 Å². The van der Waals surface area contributed by atoms with Crippen LogP contribution in [0.15, 0.2) is 0 Å². The van der Waals surface area contributed by atoms with Gasteiger partial charge in [-0.25, -0.2) is 0 Å². The fourth-order valence-corrected chi connectivity index (χ4v) is 0. The second-order valence-electron chi connectivity index (χ2n) is 0. The molecule has 0 rings (SSSR count). The van der Waals surface area contributed by atoms with Crippen LogP contribution in [0.4, 0.5) is 0 Å². The van der Waals surface area contributed by atoms with Crippen LogP contribution < -0.4 is 0 Å². The molecule has 0 aromatic carbocycles. The van der Waals surface area contributed by atoms with Gasteiger partial charge in [-0.05, 0) is 0 Å². The Morgan fingerprint density at radius 1 is 1.00 bits per heavy atom. The molecule has 0 unspecified atom stereocenters. The van der Waals surface area contributed by atoms with Gasteiger partial charge in [0.25, 0.3) is 0 Å². The molecular weight excluding hydrogens is 437 g/mol. The molecular formula is CrMoReRh. The molecule has 0 heterocycles. The van der Waals surface area contributed by atoms with Gasteiger partial charge in [-0.15, -0.1) is 0 Å². The van der Waals surface area contributed by atoms with Crippen molar-refractivity contribution in [3.05, 3.63) is 0 Å². The Labute approximate surface area is 77.3 Å². The average molecular weight is 437 g/mol. The van der Waals surface area contributed by atoms with E-state index in [1.165, 1.54) is 0 Å². The van der Waals surface area contributed by atoms with Gasteiger partial charge in [0.2, 0.25) is 0 Å². The van der Waals surface area contributed by atoms with Crippen LogP contribution in [0.5, 0.6) is 0 Å². The number of rotatable bonds is 0. The Bertz CT molecular complexity index is 8.00. The molecule has 0 N–H and O–H groups in total. The van der Waals surface area contributed by atoms with Crippen LogP contribution in [-0.4, -0.2) is 0 Å². The van der Waals surface area contributed by atoms with Crippen LogP contribution in [0.2, 0.25) is 0 Å². The molecule has 2 radical (unpaired) electrons. The van der Waals surface area contributed by atoms with Crippen molar-refractivity contribution in [2.75, 3.05) is 0 Å². The number of hydrogen-bond donors (Lipinski definition) is 0. The topological polar surface area (TPSA) is 0 Å². The van der Waals surface area contributed by atoms with Gasteiger partial charge in [0, 0.05) is 78.3 Å². The van der Waals surface area contributed by atoms with Gasteiger partial charge >= 0.3 is 0 Å². The summed E-state index contributed by atoms with van der Waals surface area (Å²) < 4.78 is 0. The summed E-state index contributed by atoms with van der Waals surface area (Å²) in [5.74, 6) is 0. The van der Waals surface area contributed by atoms with Crippen molar-refractivity contribution in [2.45, 2.75) is 0 Å². The Hall–Kier alpha value is 2.51. The first-order valence-electron chi connectivity index (χ1n) is 0. The fraction of sp³-hybridized carbons (Fsp3) is 0. The van der Waals surface area contributed by atoms with Crippen molar-refractivity contribution in [2.24, 2.45) is 0 Å². The second kappa shape index (κ2) is 17.8. The van der Waals surface area contributed by atoms with Gasteiger partial charge in [0.05, 0.1) is 0 Å². The normalized spacial score (nSPS) is 0. The van der Waals surface area contributed by atoms with E-state index >= 15 is 0 Å². The summed E-state index contributed by atoms with van der Waals surface area (Å²) in [7, 11) is 0. The summed E-state index contributed by atoms with van der Waals surface area (Å²) in [6.45, 7) is 0. The molecule has 0 aromatic rings. The molecule has 0 fully saturated rings. The van der Waals surface area contributed by atoms with E-state index in [1.807, 2.05) is 0 Å². The minimum absolute atomic E-state index is 0. The van der Waals surface area contributed by atoms with E-state index < -0.39 is 0 Å². The molecule has 0 atom stereocenters. The van der Waals surface area contributed by atoms with Crippen molar-refractivity contribution >= 4 is 0 Å². The van der Waals surface area contributed by atoms with E-state index in [2.05, 4.69) is 0 Å². The summed E-state index contributed by atoms with van der Waals surface area (Å²) in [5.41, 5.74) is 0. The maximum atomic E-state index is 0. The summed E-state index contributed by atoms with van der Waals surface area (Å²) in [6.07, 6.45) is 0. The van der Waals surface area contributed by atoms with E-state index in [0.717, 1.165) is 0 Å². The molecule has 0 nitrogen and oxygen atoms in total. The Kier molecular flexibility index (Phi) is 140. The Morgan fingerprint density at radius 3 is 1.00 bits per heavy atom. The Morgan fingerprint density at radius 2 is 1.00 bits per heavy atom. The maximum absolute atomic E-state index is 0. The zero-order chi connectivity index (χ0) is 0. The van der Waals surface area contributed by atoms with Crippen LogP contribution in [0.25, 0.3) is 0 Å². The first-order valence-corrected chi connectivity index (χ1v) is 0. The zero-order valence-corrected chi connectivity index (χ0v) is 9.16. The van der Waals surface area contributed by atoms with Crippen molar-refractivity contribution in [1.82, 2.24) is 0 Å². The van der Waals surface area contributed by atoms with E-state index in [9.17, 15) is 0 Å². The second-order valence-corrected chi connectivity index (χ2v) is 0. The fourth-order valence-electron chi connectivity index (χ4n) is 0. The molecule has 4 heteroatoms. The summed E-state index contributed by atoms with van der Waals surface area (Å²) in [5, 5.41) is 0. The number of hydrogen-bond acceptors (Lipinski definition) is 0. The minimum atomic E-state index is 0. The maximum Gasteiger partial charge on any atom is 0 e. The molecule has 0 aliphatic rings. The molecule has 0 aromatic heterocycles. The largest absolute Gasteiger partial charge is 0 e. The van der Waals surface area contributed by atoms with Gasteiger partial charge in [-0.2, -0.15) is 0 Å². The zero-order valence-electron chi connectivity index (χ0n) is 1.53. The van der Waals surface area contributed by atoms with E-state index in [-0.39, 0.29) is 78.3 Å².